The lowest BCUT2D eigenvalue weighted by atomic mass is 10.0. The van der Waals surface area contributed by atoms with Crippen LogP contribution in [-0.2, 0) is 7.05 Å². The van der Waals surface area contributed by atoms with Gasteiger partial charge in [0.05, 0.1) is 22.3 Å². The van der Waals surface area contributed by atoms with Gasteiger partial charge in [0, 0.05) is 17.5 Å². The Morgan fingerprint density at radius 1 is 1.06 bits per heavy atom. The van der Waals surface area contributed by atoms with Gasteiger partial charge in [-0.1, -0.05) is 71.7 Å². The van der Waals surface area contributed by atoms with Gasteiger partial charge in [-0.25, -0.2) is 0 Å². The maximum atomic E-state index is 12.9. The van der Waals surface area contributed by atoms with E-state index in [4.69, 9.17) is 23.2 Å². The molecule has 1 heterocycles. The van der Waals surface area contributed by atoms with Crippen molar-refractivity contribution in [1.29, 1.82) is 0 Å². The molecule has 0 bridgehead atoms. The molecule has 0 radical (unpaired) electrons. The molecular weight excluding hydrogens is 471 g/mol. The number of carbonyl (C=O) groups excluding carboxylic acids is 1. The number of ketones is 1. The van der Waals surface area contributed by atoms with Crippen molar-refractivity contribution >= 4 is 45.6 Å². The van der Waals surface area contributed by atoms with E-state index in [1.54, 1.807) is 55.6 Å². The smallest absolute Gasteiger partial charge is 0.265 e. The first kappa shape index (κ1) is 23.6. The summed E-state index contributed by atoms with van der Waals surface area (Å²) in [6.07, 6.45) is 3.43. The van der Waals surface area contributed by atoms with E-state index in [-0.39, 0.29) is 17.4 Å². The molecule has 0 saturated carbocycles. The molecule has 2 N–H and O–H groups in total. The van der Waals surface area contributed by atoms with Gasteiger partial charge in [-0.2, -0.15) is 0 Å². The molecule has 4 aromatic rings. The minimum atomic E-state index is -0.559. The Labute approximate surface area is 206 Å². The van der Waals surface area contributed by atoms with E-state index in [1.165, 1.54) is 10.6 Å². The summed E-state index contributed by atoms with van der Waals surface area (Å²) in [5.74, 6) is -0.867. The molecule has 3 aromatic carbocycles. The number of rotatable bonds is 7. The number of aromatic nitrogens is 1. The van der Waals surface area contributed by atoms with E-state index < -0.39 is 11.3 Å². The summed E-state index contributed by atoms with van der Waals surface area (Å²) in [6, 6.07) is 21.6. The number of fused-ring (bicyclic) bond motifs is 1. The molecule has 0 aliphatic carbocycles. The van der Waals surface area contributed by atoms with Gasteiger partial charge in [0.1, 0.15) is 11.3 Å². The van der Waals surface area contributed by atoms with Gasteiger partial charge in [0.25, 0.3) is 5.56 Å². The van der Waals surface area contributed by atoms with Crippen molar-refractivity contribution in [1.82, 2.24) is 4.57 Å². The second-order valence-corrected chi connectivity index (χ2v) is 8.68. The molecule has 34 heavy (non-hydrogen) atoms. The maximum absolute atomic E-state index is 12.9. The standard InChI is InChI=1S/C27H22Cl2N2O3/c1-31-23-12-6-5-10-19(23)26(33)25(27(31)34)24(32)13-7-11-21(17-8-3-2-4-9-17)30-22-16-18(28)14-15-20(22)29/h2-10,12-16,21,30,33H,11H2,1H3/b13-7+/t21-/m0/s1. The van der Waals surface area contributed by atoms with Gasteiger partial charge in [-0.05, 0) is 48.4 Å². The summed E-state index contributed by atoms with van der Waals surface area (Å²) in [7, 11) is 1.58. The largest absolute Gasteiger partial charge is 0.506 e. The van der Waals surface area contributed by atoms with E-state index in [1.807, 2.05) is 30.3 Å². The number of aryl methyl sites for hydroxylation is 1. The quantitative estimate of drug-likeness (QED) is 0.227. The van der Waals surface area contributed by atoms with Crippen LogP contribution >= 0.6 is 23.2 Å². The fourth-order valence-electron chi connectivity index (χ4n) is 3.86. The van der Waals surface area contributed by atoms with Crippen molar-refractivity contribution < 1.29 is 9.90 Å². The van der Waals surface area contributed by atoms with Crippen LogP contribution < -0.4 is 10.9 Å². The van der Waals surface area contributed by atoms with Gasteiger partial charge >= 0.3 is 0 Å². The average molecular weight is 493 g/mol. The highest BCUT2D eigenvalue weighted by molar-refractivity contribution is 6.35. The third kappa shape index (κ3) is 4.86. The maximum Gasteiger partial charge on any atom is 0.265 e. The molecule has 0 aliphatic rings. The molecule has 0 amide bonds. The molecule has 0 fully saturated rings. The zero-order valence-corrected chi connectivity index (χ0v) is 19.8. The zero-order valence-electron chi connectivity index (χ0n) is 18.3. The zero-order chi connectivity index (χ0) is 24.2. The molecule has 0 saturated heterocycles. The summed E-state index contributed by atoms with van der Waals surface area (Å²) in [6.45, 7) is 0. The molecular formula is C27H22Cl2N2O3. The lowest BCUT2D eigenvalue weighted by Gasteiger charge is -2.20. The van der Waals surface area contributed by atoms with E-state index in [0.717, 1.165) is 5.56 Å². The highest BCUT2D eigenvalue weighted by Crippen LogP contribution is 2.31. The molecule has 1 aromatic heterocycles. The van der Waals surface area contributed by atoms with Gasteiger partial charge in [0.15, 0.2) is 5.78 Å². The minimum absolute atomic E-state index is 0.214. The van der Waals surface area contributed by atoms with Crippen LogP contribution in [0.5, 0.6) is 5.75 Å². The number of hydrogen-bond acceptors (Lipinski definition) is 4. The highest BCUT2D eigenvalue weighted by Gasteiger charge is 2.19. The van der Waals surface area contributed by atoms with Crippen LogP contribution in [0.2, 0.25) is 10.0 Å². The topological polar surface area (TPSA) is 71.3 Å². The number of allylic oxidation sites excluding steroid dienone is 1. The number of nitrogens with one attached hydrogen (secondary N) is 1. The van der Waals surface area contributed by atoms with Crippen LogP contribution in [0.3, 0.4) is 0 Å². The SMILES string of the molecule is Cn1c(=O)c(C(=O)/C=C/C[C@H](Nc2cc(Cl)ccc2Cl)c2ccccc2)c(O)c2ccccc21. The fourth-order valence-corrected chi connectivity index (χ4v) is 4.20. The monoisotopic (exact) mass is 492 g/mol. The molecule has 172 valence electrons. The van der Waals surface area contributed by atoms with Crippen LogP contribution in [0.1, 0.15) is 28.4 Å². The van der Waals surface area contributed by atoms with E-state index in [0.29, 0.717) is 33.1 Å². The van der Waals surface area contributed by atoms with Gasteiger partial charge in [-0.3, -0.25) is 9.59 Å². The van der Waals surface area contributed by atoms with Gasteiger partial charge < -0.3 is 15.0 Å². The number of halogens is 2. The number of hydrogen-bond donors (Lipinski definition) is 2. The summed E-state index contributed by atoms with van der Waals surface area (Å²) in [4.78, 5) is 25.7. The number of para-hydroxylation sites is 1. The molecule has 0 spiro atoms. The molecule has 0 unspecified atom stereocenters. The first-order valence-electron chi connectivity index (χ1n) is 10.6. The molecule has 0 aliphatic heterocycles. The summed E-state index contributed by atoms with van der Waals surface area (Å²) < 4.78 is 1.37. The third-order valence-corrected chi connectivity index (χ3v) is 6.19. The third-order valence-electron chi connectivity index (χ3n) is 5.62. The molecule has 5 nitrogen and oxygen atoms in total. The number of carbonyl (C=O) groups is 1. The van der Waals surface area contributed by atoms with Crippen LogP contribution in [-0.4, -0.2) is 15.5 Å². The Morgan fingerprint density at radius 3 is 2.53 bits per heavy atom. The van der Waals surface area contributed by atoms with E-state index in [9.17, 15) is 14.7 Å². The first-order chi connectivity index (χ1) is 16.4. The summed E-state index contributed by atoms with van der Waals surface area (Å²) in [5.41, 5.74) is 1.41. The van der Waals surface area contributed by atoms with Crippen molar-refractivity contribution in [2.45, 2.75) is 12.5 Å². The van der Waals surface area contributed by atoms with Crippen molar-refractivity contribution in [2.24, 2.45) is 7.05 Å². The fraction of sp³-hybridized carbons (Fsp3) is 0.111. The van der Waals surface area contributed by atoms with Crippen molar-refractivity contribution in [2.75, 3.05) is 5.32 Å². The Balaban J connectivity index is 1.62. The second-order valence-electron chi connectivity index (χ2n) is 7.84. The van der Waals surface area contributed by atoms with Crippen LogP contribution in [0, 0.1) is 0 Å². The van der Waals surface area contributed by atoms with Crippen molar-refractivity contribution in [3.8, 4) is 5.75 Å². The number of aromatic hydroxyl groups is 1. The van der Waals surface area contributed by atoms with E-state index in [2.05, 4.69) is 5.32 Å². The van der Waals surface area contributed by atoms with Crippen LogP contribution in [0.25, 0.3) is 10.9 Å². The van der Waals surface area contributed by atoms with Crippen LogP contribution in [0.15, 0.2) is 89.7 Å². The molecule has 1 atom stereocenters. The minimum Gasteiger partial charge on any atom is -0.506 e. The molecule has 7 heteroatoms. The summed E-state index contributed by atoms with van der Waals surface area (Å²) in [5, 5.41) is 15.6. The van der Waals surface area contributed by atoms with Gasteiger partial charge in [-0.15, -0.1) is 0 Å². The van der Waals surface area contributed by atoms with E-state index >= 15 is 0 Å². The highest BCUT2D eigenvalue weighted by atomic mass is 35.5. The Morgan fingerprint density at radius 2 is 1.76 bits per heavy atom. The number of pyridine rings is 1. The Hall–Kier alpha value is -3.54. The Kier molecular flexibility index (Phi) is 7.06. The lowest BCUT2D eigenvalue weighted by molar-refractivity contribution is 0.104. The number of nitrogens with zero attached hydrogens (tertiary/aromatic N) is 1. The first-order valence-corrected chi connectivity index (χ1v) is 11.4. The number of anilines is 1. The predicted molar refractivity (Wildman–Crippen MR) is 138 cm³/mol. The lowest BCUT2D eigenvalue weighted by Crippen LogP contribution is -2.24. The molecule has 4 rings (SSSR count). The second kappa shape index (κ2) is 10.2. The van der Waals surface area contributed by atoms with Gasteiger partial charge in [0.2, 0.25) is 0 Å². The Bertz CT molecular complexity index is 1450. The van der Waals surface area contributed by atoms with Crippen molar-refractivity contribution in [3.05, 3.63) is 116 Å². The van der Waals surface area contributed by atoms with Crippen LogP contribution in [0.4, 0.5) is 5.69 Å². The number of benzene rings is 3. The average Bonchev–Trinajstić information content (AvgIpc) is 2.85. The van der Waals surface area contributed by atoms with Crippen molar-refractivity contribution in [3.63, 3.8) is 0 Å². The predicted octanol–water partition coefficient (Wildman–Crippen LogP) is 6.53. The normalized spacial score (nSPS) is 12.2. The summed E-state index contributed by atoms with van der Waals surface area (Å²) >= 11 is 12.5.